The molecule has 0 unspecified atom stereocenters. The number of nitrogens with one attached hydrogen (secondary N) is 1. The Morgan fingerprint density at radius 2 is 2.00 bits per heavy atom. The number of hydrogen-bond donors (Lipinski definition) is 1. The highest BCUT2D eigenvalue weighted by atomic mass is 35.5. The average Bonchev–Trinajstić information content (AvgIpc) is 2.78. The number of carbonyl (C=O) groups excluding carboxylic acids is 1. The van der Waals surface area contributed by atoms with Gasteiger partial charge in [-0.1, -0.05) is 41.4 Å². The number of carbonyl (C=O) groups is 1. The molecule has 1 aromatic heterocycles. The maximum atomic E-state index is 11.8. The van der Waals surface area contributed by atoms with Gasteiger partial charge >= 0.3 is 0 Å². The van der Waals surface area contributed by atoms with Gasteiger partial charge in [-0.15, -0.1) is 11.3 Å². The lowest BCUT2D eigenvalue weighted by Crippen LogP contribution is -2.25. The minimum absolute atomic E-state index is 0.210. The monoisotopic (exact) mass is 329 g/mol. The molecule has 0 spiro atoms. The van der Waals surface area contributed by atoms with Gasteiger partial charge in [0.25, 0.3) is 5.91 Å². The van der Waals surface area contributed by atoms with Gasteiger partial charge in [0.05, 0.1) is 16.5 Å². The Labute approximate surface area is 131 Å². The molecule has 106 valence electrons. The number of hydrogen-bond acceptors (Lipinski definition) is 3. The molecule has 0 radical (unpaired) electrons. The normalized spacial score (nSPS) is 10.3. The molecule has 1 N–H and O–H groups in total. The first-order valence-corrected chi connectivity index (χ1v) is 7.65. The highest BCUT2D eigenvalue weighted by Gasteiger charge is 2.13. The van der Waals surface area contributed by atoms with Gasteiger partial charge in [0.15, 0.2) is 0 Å². The number of thiophene rings is 1. The van der Waals surface area contributed by atoms with Crippen LogP contribution in [0.25, 0.3) is 0 Å². The van der Waals surface area contributed by atoms with Crippen LogP contribution in [-0.2, 0) is 0 Å². The van der Waals surface area contributed by atoms with Crippen LogP contribution in [-0.4, -0.2) is 19.1 Å². The summed E-state index contributed by atoms with van der Waals surface area (Å²) < 4.78 is 6.44. The van der Waals surface area contributed by atoms with Crippen LogP contribution in [0.5, 0.6) is 5.75 Å². The molecule has 0 atom stereocenters. The smallest absolute Gasteiger partial charge is 0.253 e. The van der Waals surface area contributed by atoms with Crippen LogP contribution in [0.1, 0.15) is 16.8 Å². The van der Waals surface area contributed by atoms with E-state index in [1.165, 1.54) is 11.3 Å². The molecule has 0 aliphatic carbocycles. The zero-order chi connectivity index (χ0) is 14.4. The molecule has 0 fully saturated rings. The third-order valence-corrected chi connectivity index (χ3v) is 4.01. The molecule has 1 amide bonds. The van der Waals surface area contributed by atoms with Crippen molar-refractivity contribution < 1.29 is 9.53 Å². The first-order chi connectivity index (χ1) is 9.66. The number of ether oxygens (including phenoxy) is 1. The van der Waals surface area contributed by atoms with Crippen LogP contribution >= 0.6 is 34.5 Å². The molecule has 0 bridgehead atoms. The first kappa shape index (κ1) is 15.2. The van der Waals surface area contributed by atoms with Gasteiger partial charge in [0.2, 0.25) is 0 Å². The Hall–Kier alpha value is -1.23. The summed E-state index contributed by atoms with van der Waals surface area (Å²) in [7, 11) is 0. The highest BCUT2D eigenvalue weighted by molar-refractivity contribution is 7.20. The number of para-hydroxylation sites is 1. The van der Waals surface area contributed by atoms with E-state index >= 15 is 0 Å². The Morgan fingerprint density at radius 3 is 2.65 bits per heavy atom. The summed E-state index contributed by atoms with van der Waals surface area (Å²) in [4.78, 5) is 11.8. The van der Waals surface area contributed by atoms with Crippen molar-refractivity contribution in [3.05, 3.63) is 50.6 Å². The lowest BCUT2D eigenvalue weighted by Gasteiger charge is -2.06. The summed E-state index contributed by atoms with van der Waals surface area (Å²) in [6, 6.07) is 11.1. The molecule has 0 saturated heterocycles. The van der Waals surface area contributed by atoms with Crippen LogP contribution in [0.3, 0.4) is 0 Å². The third kappa shape index (κ3) is 4.40. The number of amides is 1. The number of benzene rings is 1. The maximum Gasteiger partial charge on any atom is 0.253 e. The van der Waals surface area contributed by atoms with Crippen molar-refractivity contribution in [3.63, 3.8) is 0 Å². The molecule has 1 aromatic carbocycles. The number of halogens is 2. The van der Waals surface area contributed by atoms with Gasteiger partial charge in [0, 0.05) is 6.54 Å². The quantitative estimate of drug-likeness (QED) is 0.804. The van der Waals surface area contributed by atoms with Gasteiger partial charge in [0.1, 0.15) is 10.1 Å². The topological polar surface area (TPSA) is 38.3 Å². The predicted octanol–water partition coefficient (Wildman–Crippen LogP) is 4.25. The first-order valence-electron chi connectivity index (χ1n) is 6.07. The van der Waals surface area contributed by atoms with Crippen LogP contribution in [0, 0.1) is 0 Å². The average molecular weight is 330 g/mol. The van der Waals surface area contributed by atoms with E-state index < -0.39 is 0 Å². The van der Waals surface area contributed by atoms with Crippen molar-refractivity contribution in [2.45, 2.75) is 6.42 Å². The molecule has 0 aliphatic heterocycles. The van der Waals surface area contributed by atoms with Crippen molar-refractivity contribution in [1.82, 2.24) is 5.32 Å². The molecule has 0 saturated carbocycles. The van der Waals surface area contributed by atoms with Gasteiger partial charge in [-0.3, -0.25) is 4.79 Å². The van der Waals surface area contributed by atoms with E-state index in [1.54, 1.807) is 6.07 Å². The van der Waals surface area contributed by atoms with Crippen molar-refractivity contribution in [2.75, 3.05) is 13.2 Å². The second-order valence-corrected chi connectivity index (χ2v) is 6.29. The molecular weight excluding hydrogens is 317 g/mol. The van der Waals surface area contributed by atoms with Crippen molar-refractivity contribution in [3.8, 4) is 5.75 Å². The standard InChI is InChI=1S/C14H13Cl2NO2S/c15-12-9-11(13(16)20-12)14(18)17-7-4-8-19-10-5-2-1-3-6-10/h1-3,5-6,9H,4,7-8H2,(H,17,18). The summed E-state index contributed by atoms with van der Waals surface area (Å²) in [5, 5.41) is 2.78. The summed E-state index contributed by atoms with van der Waals surface area (Å²) in [5.41, 5.74) is 0.422. The molecule has 0 aliphatic rings. The predicted molar refractivity (Wildman–Crippen MR) is 83.2 cm³/mol. The van der Waals surface area contributed by atoms with Crippen LogP contribution in [0.15, 0.2) is 36.4 Å². The number of rotatable bonds is 6. The van der Waals surface area contributed by atoms with Crippen molar-refractivity contribution >= 4 is 40.4 Å². The Balaban J connectivity index is 1.68. The van der Waals surface area contributed by atoms with Crippen molar-refractivity contribution in [1.29, 1.82) is 0 Å². The fraction of sp³-hybridized carbons (Fsp3) is 0.214. The highest BCUT2D eigenvalue weighted by Crippen LogP contribution is 2.30. The van der Waals surface area contributed by atoms with E-state index in [0.29, 0.717) is 27.4 Å². The van der Waals surface area contributed by atoms with E-state index in [2.05, 4.69) is 5.32 Å². The van der Waals surface area contributed by atoms with Gasteiger partial charge in [-0.05, 0) is 24.6 Å². The molecule has 6 heteroatoms. The van der Waals surface area contributed by atoms with Crippen LogP contribution < -0.4 is 10.1 Å². The summed E-state index contributed by atoms with van der Waals surface area (Å²) >= 11 is 12.9. The Bertz CT molecular complexity index is 572. The fourth-order valence-corrected chi connectivity index (χ4v) is 3.03. The third-order valence-electron chi connectivity index (χ3n) is 2.52. The van der Waals surface area contributed by atoms with Gasteiger partial charge < -0.3 is 10.1 Å². The molecule has 20 heavy (non-hydrogen) atoms. The molecular formula is C14H13Cl2NO2S. The van der Waals surface area contributed by atoms with Crippen LogP contribution in [0.2, 0.25) is 8.67 Å². The molecule has 3 nitrogen and oxygen atoms in total. The summed E-state index contributed by atoms with van der Waals surface area (Å²) in [5.74, 6) is 0.615. The lowest BCUT2D eigenvalue weighted by atomic mass is 10.3. The maximum absolute atomic E-state index is 11.8. The Kier molecular flexibility index (Phi) is 5.71. The van der Waals surface area contributed by atoms with E-state index in [-0.39, 0.29) is 5.91 Å². The lowest BCUT2D eigenvalue weighted by molar-refractivity contribution is 0.0952. The largest absolute Gasteiger partial charge is 0.494 e. The van der Waals surface area contributed by atoms with Crippen molar-refractivity contribution in [2.24, 2.45) is 0 Å². The second kappa shape index (κ2) is 7.53. The molecule has 1 heterocycles. The van der Waals surface area contributed by atoms with E-state index in [0.717, 1.165) is 12.2 Å². The van der Waals surface area contributed by atoms with E-state index in [1.807, 2.05) is 30.3 Å². The fourth-order valence-electron chi connectivity index (χ4n) is 1.57. The zero-order valence-corrected chi connectivity index (χ0v) is 12.9. The SMILES string of the molecule is O=C(NCCCOc1ccccc1)c1cc(Cl)sc1Cl. The van der Waals surface area contributed by atoms with Crippen LogP contribution in [0.4, 0.5) is 0 Å². The van der Waals surface area contributed by atoms with Gasteiger partial charge in [-0.2, -0.15) is 0 Å². The molecule has 2 rings (SSSR count). The van der Waals surface area contributed by atoms with E-state index in [4.69, 9.17) is 27.9 Å². The Morgan fingerprint density at radius 1 is 1.25 bits per heavy atom. The molecule has 2 aromatic rings. The summed E-state index contributed by atoms with van der Waals surface area (Å²) in [6.07, 6.45) is 0.718. The minimum Gasteiger partial charge on any atom is -0.494 e. The van der Waals surface area contributed by atoms with Gasteiger partial charge in [-0.25, -0.2) is 0 Å². The minimum atomic E-state index is -0.210. The second-order valence-electron chi connectivity index (χ2n) is 4.01. The zero-order valence-electron chi connectivity index (χ0n) is 10.6. The summed E-state index contributed by atoms with van der Waals surface area (Å²) in [6.45, 7) is 1.07. The van der Waals surface area contributed by atoms with E-state index in [9.17, 15) is 4.79 Å².